The quantitative estimate of drug-likeness (QED) is 0.547. The molecule has 15 heavy (non-hydrogen) atoms. The van der Waals surface area contributed by atoms with Crippen molar-refractivity contribution in [2.75, 3.05) is 0 Å². The summed E-state index contributed by atoms with van der Waals surface area (Å²) < 4.78 is 0. The molecule has 1 saturated heterocycles. The van der Waals surface area contributed by atoms with Gasteiger partial charge in [-0.1, -0.05) is 18.2 Å². The monoisotopic (exact) mass is 208 g/mol. The minimum Gasteiger partial charge on any atom is -0.478 e. The van der Waals surface area contributed by atoms with Crippen LogP contribution in [-0.2, 0) is 9.59 Å². The first-order chi connectivity index (χ1) is 7.08. The fraction of sp³-hybridized carbons (Fsp3) is 0.400. The Morgan fingerprint density at radius 1 is 1.60 bits per heavy atom. The van der Waals surface area contributed by atoms with Crippen molar-refractivity contribution < 1.29 is 14.7 Å². The smallest absolute Gasteiger partial charge is 0.335 e. The minimum absolute atomic E-state index is 0.0249. The fourth-order valence-electron chi connectivity index (χ4n) is 1.99. The zero-order valence-electron chi connectivity index (χ0n) is 8.01. The third-order valence-corrected chi connectivity index (χ3v) is 2.75. The van der Waals surface area contributed by atoms with Crippen molar-refractivity contribution in [3.8, 4) is 0 Å². The van der Waals surface area contributed by atoms with Gasteiger partial charge >= 0.3 is 5.97 Å². The summed E-state index contributed by atoms with van der Waals surface area (Å²) in [5, 5.41) is 11.4. The van der Waals surface area contributed by atoms with Crippen molar-refractivity contribution in [3.63, 3.8) is 0 Å². The molecule has 5 heteroatoms. The van der Waals surface area contributed by atoms with Crippen molar-refractivity contribution >= 4 is 11.9 Å². The van der Waals surface area contributed by atoms with Crippen LogP contribution in [0.4, 0.5) is 0 Å². The summed E-state index contributed by atoms with van der Waals surface area (Å²) in [4.78, 5) is 22.3. The third kappa shape index (κ3) is 1.78. The molecule has 80 valence electrons. The van der Waals surface area contributed by atoms with Gasteiger partial charge in [-0.3, -0.25) is 4.79 Å². The summed E-state index contributed by atoms with van der Waals surface area (Å²) in [5.74, 6) is -1.56. The van der Waals surface area contributed by atoms with E-state index in [0.29, 0.717) is 6.42 Å². The Bertz CT molecular complexity index is 373. The lowest BCUT2D eigenvalue weighted by atomic mass is 9.80. The number of nitrogens with two attached hydrogens (primary N) is 1. The molecular weight excluding hydrogens is 196 g/mol. The fourth-order valence-corrected chi connectivity index (χ4v) is 1.99. The predicted octanol–water partition coefficient (Wildman–Crippen LogP) is -0.396. The minimum atomic E-state index is -1.01. The molecule has 0 radical (unpaired) electrons. The molecule has 3 unspecified atom stereocenters. The van der Waals surface area contributed by atoms with Crippen LogP contribution in [0.25, 0.3) is 0 Å². The molecule has 1 aliphatic carbocycles. The highest BCUT2D eigenvalue weighted by atomic mass is 16.4. The number of carboxylic acid groups (broad SMARTS) is 1. The van der Waals surface area contributed by atoms with E-state index in [1.54, 1.807) is 6.08 Å². The number of amides is 1. The molecular formula is C10H12N2O3. The SMILES string of the molecule is NC1CC2C=CC(C(=O)O)=CC2C(=O)N1. The molecule has 0 bridgehead atoms. The number of nitrogens with one attached hydrogen (secondary N) is 1. The van der Waals surface area contributed by atoms with E-state index >= 15 is 0 Å². The molecule has 2 aliphatic rings. The van der Waals surface area contributed by atoms with Crippen molar-refractivity contribution in [1.29, 1.82) is 0 Å². The lowest BCUT2D eigenvalue weighted by Gasteiger charge is -2.33. The van der Waals surface area contributed by atoms with E-state index < -0.39 is 5.97 Å². The average Bonchev–Trinajstić information content (AvgIpc) is 2.16. The second-order valence-electron chi connectivity index (χ2n) is 3.83. The Labute approximate surface area is 86.6 Å². The van der Waals surface area contributed by atoms with Gasteiger partial charge in [-0.25, -0.2) is 4.79 Å². The van der Waals surface area contributed by atoms with Crippen LogP contribution in [-0.4, -0.2) is 23.1 Å². The van der Waals surface area contributed by atoms with Crippen LogP contribution in [0.1, 0.15) is 6.42 Å². The number of carbonyl (C=O) groups excluding carboxylic acids is 1. The number of carbonyl (C=O) groups is 2. The van der Waals surface area contributed by atoms with Crippen LogP contribution in [0.15, 0.2) is 23.8 Å². The number of piperidine rings is 1. The number of carboxylic acids is 1. The number of hydrogen-bond donors (Lipinski definition) is 3. The number of allylic oxidation sites excluding steroid dienone is 1. The molecule has 4 N–H and O–H groups in total. The summed E-state index contributed by atoms with van der Waals surface area (Å²) in [7, 11) is 0. The van der Waals surface area contributed by atoms with Gasteiger partial charge in [-0.2, -0.15) is 0 Å². The van der Waals surface area contributed by atoms with Crippen molar-refractivity contribution in [2.24, 2.45) is 17.6 Å². The summed E-state index contributed by atoms with van der Waals surface area (Å²) in [6, 6.07) is 0. The maximum atomic E-state index is 11.5. The molecule has 1 fully saturated rings. The van der Waals surface area contributed by atoms with Gasteiger partial charge in [0, 0.05) is 0 Å². The molecule has 2 rings (SSSR count). The van der Waals surface area contributed by atoms with E-state index in [1.807, 2.05) is 0 Å². The zero-order valence-corrected chi connectivity index (χ0v) is 8.01. The van der Waals surface area contributed by atoms with E-state index in [1.165, 1.54) is 12.2 Å². The van der Waals surface area contributed by atoms with Gasteiger partial charge in [0.1, 0.15) is 0 Å². The Morgan fingerprint density at radius 3 is 3.00 bits per heavy atom. The maximum Gasteiger partial charge on any atom is 0.335 e. The van der Waals surface area contributed by atoms with Crippen LogP contribution < -0.4 is 11.1 Å². The second kappa shape index (κ2) is 3.51. The summed E-state index contributed by atoms with van der Waals surface area (Å²) in [6.45, 7) is 0. The first-order valence-electron chi connectivity index (χ1n) is 4.77. The average molecular weight is 208 g/mol. The predicted molar refractivity (Wildman–Crippen MR) is 52.6 cm³/mol. The zero-order chi connectivity index (χ0) is 11.0. The molecule has 1 heterocycles. The first kappa shape index (κ1) is 9.92. The highest BCUT2D eigenvalue weighted by Crippen LogP contribution is 2.29. The summed E-state index contributed by atoms with van der Waals surface area (Å²) in [5.41, 5.74) is 5.79. The molecule has 1 amide bonds. The number of rotatable bonds is 1. The number of hydrogen-bond acceptors (Lipinski definition) is 3. The lowest BCUT2D eigenvalue weighted by molar-refractivity contribution is -0.132. The Balaban J connectivity index is 2.24. The molecule has 0 aromatic carbocycles. The normalized spacial score (nSPS) is 34.1. The van der Waals surface area contributed by atoms with Crippen LogP contribution >= 0.6 is 0 Å². The Morgan fingerprint density at radius 2 is 2.33 bits per heavy atom. The summed E-state index contributed by atoms with van der Waals surface area (Å²) >= 11 is 0. The van der Waals surface area contributed by atoms with Gasteiger partial charge in [0.25, 0.3) is 0 Å². The van der Waals surface area contributed by atoms with Gasteiger partial charge in [0.05, 0.1) is 17.7 Å². The van der Waals surface area contributed by atoms with E-state index in [2.05, 4.69) is 5.32 Å². The Hall–Kier alpha value is -1.62. The standard InChI is InChI=1S/C10H12N2O3/c11-8-4-5-1-2-6(10(14)15)3-7(5)9(13)12-8/h1-3,5,7-8H,4,11H2,(H,12,13)(H,14,15). The van der Waals surface area contributed by atoms with E-state index in [-0.39, 0.29) is 29.5 Å². The molecule has 0 saturated carbocycles. The molecule has 0 aromatic rings. The van der Waals surface area contributed by atoms with Crippen LogP contribution in [0.5, 0.6) is 0 Å². The van der Waals surface area contributed by atoms with Crippen molar-refractivity contribution in [1.82, 2.24) is 5.32 Å². The topological polar surface area (TPSA) is 92.4 Å². The maximum absolute atomic E-state index is 11.5. The Kier molecular flexibility index (Phi) is 2.32. The van der Waals surface area contributed by atoms with Crippen LogP contribution in [0.2, 0.25) is 0 Å². The molecule has 3 atom stereocenters. The molecule has 1 aliphatic heterocycles. The van der Waals surface area contributed by atoms with Gasteiger partial charge in [0.15, 0.2) is 0 Å². The molecule has 0 spiro atoms. The van der Waals surface area contributed by atoms with Crippen LogP contribution in [0.3, 0.4) is 0 Å². The third-order valence-electron chi connectivity index (χ3n) is 2.75. The molecule has 5 nitrogen and oxygen atoms in total. The van der Waals surface area contributed by atoms with Gasteiger partial charge < -0.3 is 16.2 Å². The lowest BCUT2D eigenvalue weighted by Crippen LogP contribution is -2.52. The van der Waals surface area contributed by atoms with Gasteiger partial charge in [-0.15, -0.1) is 0 Å². The highest BCUT2D eigenvalue weighted by molar-refractivity contribution is 5.93. The van der Waals surface area contributed by atoms with Crippen molar-refractivity contribution in [3.05, 3.63) is 23.8 Å². The van der Waals surface area contributed by atoms with Gasteiger partial charge in [0.2, 0.25) is 5.91 Å². The van der Waals surface area contributed by atoms with E-state index in [0.717, 1.165) is 0 Å². The largest absolute Gasteiger partial charge is 0.478 e. The van der Waals surface area contributed by atoms with Crippen molar-refractivity contribution in [2.45, 2.75) is 12.6 Å². The second-order valence-corrected chi connectivity index (χ2v) is 3.83. The van der Waals surface area contributed by atoms with Crippen LogP contribution in [0, 0.1) is 11.8 Å². The van der Waals surface area contributed by atoms with Gasteiger partial charge in [-0.05, 0) is 12.3 Å². The van der Waals surface area contributed by atoms with E-state index in [4.69, 9.17) is 10.8 Å². The summed E-state index contributed by atoms with van der Waals surface area (Å²) in [6.07, 6.45) is 5.11. The van der Waals surface area contributed by atoms with E-state index in [9.17, 15) is 9.59 Å². The highest BCUT2D eigenvalue weighted by Gasteiger charge is 2.34. The number of aliphatic carboxylic acids is 1. The first-order valence-corrected chi connectivity index (χ1v) is 4.77. The number of fused-ring (bicyclic) bond motifs is 1. The molecule has 0 aromatic heterocycles.